The maximum Gasteiger partial charge on any atom is 0.222 e. The zero-order valence-corrected chi connectivity index (χ0v) is 16.7. The molecular weight excluding hydrogens is 380 g/mol. The minimum Gasteiger partial charge on any atom is -0.496 e. The van der Waals surface area contributed by atoms with Crippen molar-refractivity contribution in [2.75, 3.05) is 31.7 Å². The lowest BCUT2D eigenvalue weighted by Crippen LogP contribution is -2.49. The Hall–Kier alpha value is -3.36. The van der Waals surface area contributed by atoms with Gasteiger partial charge in [-0.2, -0.15) is 4.98 Å². The van der Waals surface area contributed by atoms with Gasteiger partial charge in [-0.05, 0) is 23.8 Å². The second-order valence-electron chi connectivity index (χ2n) is 7.76. The number of benzene rings is 2. The van der Waals surface area contributed by atoms with Crippen molar-refractivity contribution < 1.29 is 9.84 Å². The van der Waals surface area contributed by atoms with Gasteiger partial charge in [0.2, 0.25) is 5.95 Å². The van der Waals surface area contributed by atoms with Crippen LogP contribution in [0.25, 0.3) is 21.9 Å². The number of β-amino-alcohol motifs (C(OH)–C–C–N with tert-alkyl or cyclic N) is 1. The number of anilines is 2. The van der Waals surface area contributed by atoms with Gasteiger partial charge in [-0.15, -0.1) is 0 Å². The summed E-state index contributed by atoms with van der Waals surface area (Å²) in [5, 5.41) is 10.5. The first kappa shape index (κ1) is 18.7. The zero-order valence-electron chi connectivity index (χ0n) is 16.7. The fourth-order valence-electron chi connectivity index (χ4n) is 4.29. The standard InChI is InChI=1S/C22H24N6O2/c1-30-18-7-6-13(9-27-11-15(29)12-27)8-14(18)10-28-17-5-3-2-4-16(17)19-20(28)21(23)26-22(24)25-19/h2-8,15,29H,9-12H2,1H3,(H4,23,24,25,26). The average molecular weight is 404 g/mol. The molecule has 1 saturated heterocycles. The Morgan fingerprint density at radius 3 is 2.67 bits per heavy atom. The van der Waals surface area contributed by atoms with Crippen molar-refractivity contribution in [1.29, 1.82) is 0 Å². The summed E-state index contributed by atoms with van der Waals surface area (Å²) < 4.78 is 7.76. The van der Waals surface area contributed by atoms with Crippen molar-refractivity contribution in [3.63, 3.8) is 0 Å². The molecule has 1 aliphatic rings. The Labute approximate surface area is 173 Å². The summed E-state index contributed by atoms with van der Waals surface area (Å²) in [7, 11) is 1.67. The zero-order chi connectivity index (χ0) is 20.8. The number of nitrogen functional groups attached to an aromatic ring is 2. The smallest absolute Gasteiger partial charge is 0.222 e. The van der Waals surface area contributed by atoms with E-state index >= 15 is 0 Å². The molecule has 0 unspecified atom stereocenters. The number of para-hydroxylation sites is 1. The van der Waals surface area contributed by atoms with Gasteiger partial charge in [0.05, 0.1) is 25.3 Å². The lowest BCUT2D eigenvalue weighted by Gasteiger charge is -2.35. The molecule has 5 rings (SSSR count). The summed E-state index contributed by atoms with van der Waals surface area (Å²) in [5.74, 6) is 1.33. The van der Waals surface area contributed by atoms with E-state index < -0.39 is 0 Å². The highest BCUT2D eigenvalue weighted by molar-refractivity contribution is 6.09. The number of likely N-dealkylation sites (tertiary alicyclic amines) is 1. The second kappa shape index (κ2) is 7.16. The van der Waals surface area contributed by atoms with Crippen LogP contribution in [0.5, 0.6) is 5.75 Å². The van der Waals surface area contributed by atoms with Crippen molar-refractivity contribution in [1.82, 2.24) is 19.4 Å². The number of hydrogen-bond donors (Lipinski definition) is 3. The topological polar surface area (TPSA) is 115 Å². The lowest BCUT2D eigenvalue weighted by atomic mass is 10.1. The van der Waals surface area contributed by atoms with Crippen LogP contribution in [0.4, 0.5) is 11.8 Å². The largest absolute Gasteiger partial charge is 0.496 e. The molecule has 0 atom stereocenters. The number of hydrogen-bond acceptors (Lipinski definition) is 7. The molecule has 8 heteroatoms. The van der Waals surface area contributed by atoms with Gasteiger partial charge in [-0.3, -0.25) is 4.90 Å². The van der Waals surface area contributed by atoms with E-state index in [9.17, 15) is 5.11 Å². The minimum absolute atomic E-state index is 0.166. The Bertz CT molecular complexity index is 1250. The average Bonchev–Trinajstić information content (AvgIpc) is 3.01. The quantitative estimate of drug-likeness (QED) is 0.466. The summed E-state index contributed by atoms with van der Waals surface area (Å²) in [6, 6.07) is 14.2. The maximum absolute atomic E-state index is 9.55. The molecule has 0 aliphatic carbocycles. The van der Waals surface area contributed by atoms with Gasteiger partial charge in [0.1, 0.15) is 16.8 Å². The predicted molar refractivity (Wildman–Crippen MR) is 117 cm³/mol. The third-order valence-electron chi connectivity index (χ3n) is 5.67. The molecular formula is C22H24N6O2. The fraction of sp³-hybridized carbons (Fsp3) is 0.273. The molecule has 2 aromatic carbocycles. The molecule has 0 radical (unpaired) electrons. The van der Waals surface area contributed by atoms with Crippen molar-refractivity contribution in [3.05, 3.63) is 53.6 Å². The van der Waals surface area contributed by atoms with Crippen molar-refractivity contribution in [2.45, 2.75) is 19.2 Å². The summed E-state index contributed by atoms with van der Waals surface area (Å²) in [4.78, 5) is 10.9. The normalized spacial score (nSPS) is 15.0. The van der Waals surface area contributed by atoms with Crippen molar-refractivity contribution in [3.8, 4) is 5.75 Å². The van der Waals surface area contributed by atoms with Crippen LogP contribution in [-0.2, 0) is 13.1 Å². The van der Waals surface area contributed by atoms with Gasteiger partial charge in [0.25, 0.3) is 0 Å². The highest BCUT2D eigenvalue weighted by atomic mass is 16.5. The van der Waals surface area contributed by atoms with Crippen LogP contribution >= 0.6 is 0 Å². The SMILES string of the molecule is COc1ccc(CN2CC(O)C2)cc1Cn1c2ccccc2c2nc(N)nc(N)c21. The molecule has 0 amide bonds. The summed E-state index contributed by atoms with van der Waals surface area (Å²) in [5.41, 5.74) is 16.9. The van der Waals surface area contributed by atoms with Crippen LogP contribution < -0.4 is 16.2 Å². The second-order valence-corrected chi connectivity index (χ2v) is 7.76. The number of nitrogens with zero attached hydrogens (tertiary/aromatic N) is 4. The predicted octanol–water partition coefficient (Wildman–Crippen LogP) is 1.98. The molecule has 30 heavy (non-hydrogen) atoms. The Kier molecular flexibility index (Phi) is 4.45. The van der Waals surface area contributed by atoms with E-state index in [1.807, 2.05) is 30.3 Å². The molecule has 0 spiro atoms. The van der Waals surface area contributed by atoms with E-state index in [1.165, 1.54) is 5.56 Å². The number of aliphatic hydroxyl groups is 1. The molecule has 2 aromatic heterocycles. The molecule has 1 aliphatic heterocycles. The van der Waals surface area contributed by atoms with E-state index in [0.717, 1.165) is 39.8 Å². The number of ether oxygens (including phenoxy) is 1. The van der Waals surface area contributed by atoms with Crippen LogP contribution in [0.15, 0.2) is 42.5 Å². The van der Waals surface area contributed by atoms with Gasteiger partial charge < -0.3 is 25.9 Å². The molecule has 8 nitrogen and oxygen atoms in total. The highest BCUT2D eigenvalue weighted by Crippen LogP contribution is 2.33. The summed E-state index contributed by atoms with van der Waals surface area (Å²) in [6.07, 6.45) is -0.212. The molecule has 1 fully saturated rings. The Morgan fingerprint density at radius 1 is 1.10 bits per heavy atom. The first-order valence-electron chi connectivity index (χ1n) is 9.89. The van der Waals surface area contributed by atoms with E-state index in [-0.39, 0.29) is 12.1 Å². The fourth-order valence-corrected chi connectivity index (χ4v) is 4.29. The molecule has 0 bridgehead atoms. The number of aliphatic hydroxyl groups excluding tert-OH is 1. The van der Waals surface area contributed by atoms with Crippen LogP contribution in [0.1, 0.15) is 11.1 Å². The van der Waals surface area contributed by atoms with Gasteiger partial charge in [0, 0.05) is 30.6 Å². The molecule has 0 saturated carbocycles. The van der Waals surface area contributed by atoms with Crippen LogP contribution in [0, 0.1) is 0 Å². The van der Waals surface area contributed by atoms with Crippen molar-refractivity contribution in [2.24, 2.45) is 0 Å². The number of methoxy groups -OCH3 is 1. The lowest BCUT2D eigenvalue weighted by molar-refractivity contribution is -0.00288. The van der Waals surface area contributed by atoms with E-state index in [0.29, 0.717) is 25.5 Å². The van der Waals surface area contributed by atoms with Crippen LogP contribution in [-0.4, -0.2) is 50.8 Å². The summed E-state index contributed by atoms with van der Waals surface area (Å²) >= 11 is 0. The molecule has 154 valence electrons. The number of aromatic nitrogens is 3. The highest BCUT2D eigenvalue weighted by Gasteiger charge is 2.24. The van der Waals surface area contributed by atoms with Gasteiger partial charge in [-0.25, -0.2) is 4.98 Å². The molecule has 4 aromatic rings. The maximum atomic E-state index is 9.55. The Morgan fingerprint density at radius 2 is 1.90 bits per heavy atom. The van der Waals surface area contributed by atoms with Crippen LogP contribution in [0.3, 0.4) is 0 Å². The van der Waals surface area contributed by atoms with Crippen molar-refractivity contribution >= 4 is 33.7 Å². The first-order valence-corrected chi connectivity index (χ1v) is 9.89. The van der Waals surface area contributed by atoms with Gasteiger partial charge in [-0.1, -0.05) is 24.3 Å². The number of fused-ring (bicyclic) bond motifs is 3. The van der Waals surface area contributed by atoms with Gasteiger partial charge in [0.15, 0.2) is 5.82 Å². The van der Waals surface area contributed by atoms with Crippen LogP contribution in [0.2, 0.25) is 0 Å². The van der Waals surface area contributed by atoms with E-state index in [4.69, 9.17) is 16.2 Å². The number of rotatable bonds is 5. The molecule has 5 N–H and O–H groups in total. The third kappa shape index (κ3) is 3.10. The Balaban J connectivity index is 1.61. The first-order chi connectivity index (χ1) is 14.5. The third-order valence-corrected chi connectivity index (χ3v) is 5.67. The monoisotopic (exact) mass is 404 g/mol. The molecule has 3 heterocycles. The van der Waals surface area contributed by atoms with E-state index in [1.54, 1.807) is 7.11 Å². The van der Waals surface area contributed by atoms with E-state index in [2.05, 4.69) is 31.6 Å². The number of nitrogens with two attached hydrogens (primary N) is 2. The van der Waals surface area contributed by atoms with Gasteiger partial charge >= 0.3 is 0 Å². The minimum atomic E-state index is -0.212. The summed E-state index contributed by atoms with van der Waals surface area (Å²) in [6.45, 7) is 2.78.